The molecule has 0 spiro atoms. The minimum absolute atomic E-state index is 0.0468. The minimum Gasteiger partial charge on any atom is -0.452 e. The summed E-state index contributed by atoms with van der Waals surface area (Å²) in [5.74, 6) is -1.36. The molecule has 0 atom stereocenters. The molecular weight excluding hydrogens is 448 g/mol. The van der Waals surface area contributed by atoms with Crippen LogP contribution in [-0.4, -0.2) is 26.9 Å². The van der Waals surface area contributed by atoms with E-state index in [1.165, 1.54) is 12.1 Å². The molecule has 0 heterocycles. The van der Waals surface area contributed by atoms with Gasteiger partial charge in [-0.1, -0.05) is 39.0 Å². The van der Waals surface area contributed by atoms with Crippen LogP contribution in [0.25, 0.3) is 0 Å². The largest absolute Gasteiger partial charge is 0.452 e. The number of carbonyl (C=O) groups excluding carboxylic acids is 2. The standard InChI is InChI=1S/C19H21BrN2O5S/c1-19(2,3)14-6-4-5-7-16(14)22-17(23)11-27-18(24)13-10-12(28(21,25)26)8-9-15(13)20/h4-10H,11H2,1-3H3,(H,22,23)(H2,21,25,26). The van der Waals surface area contributed by atoms with Gasteiger partial charge in [0, 0.05) is 10.2 Å². The molecule has 0 saturated heterocycles. The van der Waals surface area contributed by atoms with Gasteiger partial charge in [-0.05, 0) is 51.2 Å². The summed E-state index contributed by atoms with van der Waals surface area (Å²) >= 11 is 3.15. The molecule has 0 fully saturated rings. The summed E-state index contributed by atoms with van der Waals surface area (Å²) in [4.78, 5) is 24.3. The summed E-state index contributed by atoms with van der Waals surface area (Å²) in [5.41, 5.74) is 1.35. The van der Waals surface area contributed by atoms with Crippen molar-refractivity contribution in [3.05, 3.63) is 58.1 Å². The van der Waals surface area contributed by atoms with Crippen molar-refractivity contribution in [2.75, 3.05) is 11.9 Å². The highest BCUT2D eigenvalue weighted by atomic mass is 79.9. The van der Waals surface area contributed by atoms with Gasteiger partial charge in [0.25, 0.3) is 5.91 Å². The molecule has 3 N–H and O–H groups in total. The number of hydrogen-bond acceptors (Lipinski definition) is 5. The molecule has 0 saturated carbocycles. The lowest BCUT2D eigenvalue weighted by atomic mass is 9.86. The number of amides is 1. The van der Waals surface area contributed by atoms with Crippen LogP contribution in [0.15, 0.2) is 51.8 Å². The van der Waals surface area contributed by atoms with Crippen molar-refractivity contribution < 1.29 is 22.7 Å². The van der Waals surface area contributed by atoms with Crippen LogP contribution in [0.4, 0.5) is 5.69 Å². The Labute approximate surface area is 172 Å². The highest BCUT2D eigenvalue weighted by molar-refractivity contribution is 9.10. The molecule has 0 aromatic heterocycles. The number of carbonyl (C=O) groups is 2. The lowest BCUT2D eigenvalue weighted by molar-refractivity contribution is -0.119. The Hall–Kier alpha value is -2.23. The zero-order valence-electron chi connectivity index (χ0n) is 15.7. The zero-order chi connectivity index (χ0) is 21.1. The summed E-state index contributed by atoms with van der Waals surface area (Å²) in [7, 11) is -3.97. The van der Waals surface area contributed by atoms with E-state index in [1.54, 1.807) is 12.1 Å². The number of ether oxygens (including phenoxy) is 1. The van der Waals surface area contributed by atoms with Crippen molar-refractivity contribution in [3.8, 4) is 0 Å². The highest BCUT2D eigenvalue weighted by Crippen LogP contribution is 2.29. The first kappa shape index (κ1) is 22.1. The van der Waals surface area contributed by atoms with E-state index >= 15 is 0 Å². The Bertz CT molecular complexity index is 1010. The first-order valence-corrected chi connectivity index (χ1v) is 10.6. The summed E-state index contributed by atoms with van der Waals surface area (Å²) in [5, 5.41) is 7.80. The molecule has 2 aromatic carbocycles. The Morgan fingerprint density at radius 2 is 1.79 bits per heavy atom. The molecule has 1 amide bonds. The van der Waals surface area contributed by atoms with Crippen LogP contribution >= 0.6 is 15.9 Å². The van der Waals surface area contributed by atoms with Crippen molar-refractivity contribution in [3.63, 3.8) is 0 Å². The first-order valence-electron chi connectivity index (χ1n) is 8.28. The van der Waals surface area contributed by atoms with Crippen LogP contribution in [0.2, 0.25) is 0 Å². The maximum atomic E-state index is 12.3. The second kappa shape index (κ2) is 8.42. The molecule has 7 nitrogen and oxygen atoms in total. The van der Waals surface area contributed by atoms with Gasteiger partial charge < -0.3 is 10.1 Å². The molecule has 0 radical (unpaired) electrons. The number of nitrogens with two attached hydrogens (primary N) is 1. The van der Waals surface area contributed by atoms with Gasteiger partial charge in [-0.15, -0.1) is 0 Å². The average molecular weight is 469 g/mol. The number of halogens is 1. The summed E-state index contributed by atoms with van der Waals surface area (Å²) in [6, 6.07) is 11.1. The monoisotopic (exact) mass is 468 g/mol. The maximum absolute atomic E-state index is 12.3. The molecule has 2 rings (SSSR count). The number of anilines is 1. The minimum atomic E-state index is -3.97. The summed E-state index contributed by atoms with van der Waals surface area (Å²) < 4.78 is 28.2. The van der Waals surface area contributed by atoms with Crippen molar-refractivity contribution >= 4 is 43.5 Å². The van der Waals surface area contributed by atoms with Crippen molar-refractivity contribution in [1.29, 1.82) is 0 Å². The summed E-state index contributed by atoms with van der Waals surface area (Å²) in [6.07, 6.45) is 0. The third kappa shape index (κ3) is 5.63. The average Bonchev–Trinajstić information content (AvgIpc) is 2.58. The Morgan fingerprint density at radius 3 is 2.39 bits per heavy atom. The third-order valence-electron chi connectivity index (χ3n) is 3.83. The molecule has 2 aromatic rings. The maximum Gasteiger partial charge on any atom is 0.339 e. The smallest absolute Gasteiger partial charge is 0.339 e. The number of esters is 1. The highest BCUT2D eigenvalue weighted by Gasteiger charge is 2.20. The molecule has 150 valence electrons. The predicted molar refractivity (Wildman–Crippen MR) is 110 cm³/mol. The first-order chi connectivity index (χ1) is 12.9. The van der Waals surface area contributed by atoms with E-state index in [-0.39, 0.29) is 15.9 Å². The zero-order valence-corrected chi connectivity index (χ0v) is 18.1. The topological polar surface area (TPSA) is 116 Å². The van der Waals surface area contributed by atoms with E-state index in [0.29, 0.717) is 10.2 Å². The molecule has 0 unspecified atom stereocenters. The van der Waals surface area contributed by atoms with Crippen LogP contribution in [0.1, 0.15) is 36.7 Å². The van der Waals surface area contributed by atoms with Gasteiger partial charge in [-0.3, -0.25) is 4.79 Å². The van der Waals surface area contributed by atoms with Crippen LogP contribution in [0.3, 0.4) is 0 Å². The van der Waals surface area contributed by atoms with Crippen molar-refractivity contribution in [2.45, 2.75) is 31.1 Å². The fraction of sp³-hybridized carbons (Fsp3) is 0.263. The van der Waals surface area contributed by atoms with E-state index in [0.717, 1.165) is 11.6 Å². The van der Waals surface area contributed by atoms with Crippen LogP contribution in [0.5, 0.6) is 0 Å². The SMILES string of the molecule is CC(C)(C)c1ccccc1NC(=O)COC(=O)c1cc(S(N)(=O)=O)ccc1Br. The van der Waals surface area contributed by atoms with Gasteiger partial charge in [0.05, 0.1) is 10.5 Å². The Morgan fingerprint density at radius 1 is 1.14 bits per heavy atom. The number of hydrogen-bond donors (Lipinski definition) is 2. The molecule has 0 bridgehead atoms. The Balaban J connectivity index is 2.09. The number of rotatable bonds is 5. The van der Waals surface area contributed by atoms with Gasteiger partial charge in [0.15, 0.2) is 6.61 Å². The van der Waals surface area contributed by atoms with E-state index < -0.39 is 28.5 Å². The van der Waals surface area contributed by atoms with E-state index in [4.69, 9.17) is 9.88 Å². The lowest BCUT2D eigenvalue weighted by Crippen LogP contribution is -2.23. The quantitative estimate of drug-likeness (QED) is 0.653. The molecule has 28 heavy (non-hydrogen) atoms. The molecule has 9 heteroatoms. The molecule has 0 aliphatic rings. The van der Waals surface area contributed by atoms with Crippen LogP contribution < -0.4 is 10.5 Å². The lowest BCUT2D eigenvalue weighted by Gasteiger charge is -2.23. The second-order valence-electron chi connectivity index (χ2n) is 7.11. The number of nitrogens with one attached hydrogen (secondary N) is 1. The fourth-order valence-corrected chi connectivity index (χ4v) is 3.43. The van der Waals surface area contributed by atoms with E-state index in [9.17, 15) is 18.0 Å². The second-order valence-corrected chi connectivity index (χ2v) is 9.52. The molecule has 0 aliphatic carbocycles. The van der Waals surface area contributed by atoms with Gasteiger partial charge in [-0.2, -0.15) is 0 Å². The number of para-hydroxylation sites is 1. The van der Waals surface area contributed by atoms with Gasteiger partial charge in [0.1, 0.15) is 0 Å². The molecular formula is C19H21BrN2O5S. The van der Waals surface area contributed by atoms with E-state index in [1.807, 2.05) is 32.9 Å². The van der Waals surface area contributed by atoms with Crippen molar-refractivity contribution in [2.24, 2.45) is 5.14 Å². The van der Waals surface area contributed by atoms with Gasteiger partial charge >= 0.3 is 5.97 Å². The van der Waals surface area contributed by atoms with Gasteiger partial charge in [-0.25, -0.2) is 18.4 Å². The van der Waals surface area contributed by atoms with Gasteiger partial charge in [0.2, 0.25) is 10.0 Å². The predicted octanol–water partition coefficient (Wildman–Crippen LogP) is 3.19. The number of benzene rings is 2. The third-order valence-corrected chi connectivity index (χ3v) is 5.43. The number of primary sulfonamides is 1. The Kier molecular flexibility index (Phi) is 6.63. The number of sulfonamides is 1. The van der Waals surface area contributed by atoms with Crippen LogP contribution in [0, 0.1) is 0 Å². The van der Waals surface area contributed by atoms with Crippen LogP contribution in [-0.2, 0) is 25.0 Å². The molecule has 0 aliphatic heterocycles. The van der Waals surface area contributed by atoms with Crippen molar-refractivity contribution in [1.82, 2.24) is 0 Å². The van der Waals surface area contributed by atoms with E-state index in [2.05, 4.69) is 21.2 Å². The normalized spacial score (nSPS) is 11.8. The summed E-state index contributed by atoms with van der Waals surface area (Å²) in [6.45, 7) is 5.54. The fourth-order valence-electron chi connectivity index (χ4n) is 2.48.